The first kappa shape index (κ1) is 36.1. The molecule has 6 heteroatoms. The molecular formula is C27H58O4PTi. The molecule has 0 saturated heterocycles. The molecule has 0 atom stereocenters. The smallest absolute Gasteiger partial charge is 0.312 e. The van der Waals surface area contributed by atoms with E-state index in [0.717, 1.165) is 39.1 Å². The fraction of sp³-hybridized carbons (Fsp3) is 1.00. The van der Waals surface area contributed by atoms with Crippen LogP contribution in [-0.4, -0.2) is 25.9 Å². The average molecular weight is 526 g/mol. The quantitative estimate of drug-likeness (QED) is 0.0675. The standard InChI is InChI=1S/C24H51O3P.C3H7O.Ti/c1-4-7-10-13-16-19-22-25-28(26-23-20-17-14-11-8-5-2)27-24-21-18-15-12-9-6-3;1-3(2)4;/h4-24H2,1-3H3;3H,1-2H3;/q;-1;+1. The molecule has 0 unspecified atom stereocenters. The van der Waals surface area contributed by atoms with E-state index in [1.807, 2.05) is 13.8 Å². The third-order valence-corrected chi connectivity index (χ3v) is 7.24. The summed E-state index contributed by atoms with van der Waals surface area (Å²) in [6, 6.07) is 0. The van der Waals surface area contributed by atoms with Gasteiger partial charge in [-0.1, -0.05) is 117 Å². The van der Waals surface area contributed by atoms with Crippen LogP contribution in [0.25, 0.3) is 0 Å². The van der Waals surface area contributed by atoms with Gasteiger partial charge in [-0.25, -0.2) is 0 Å². The van der Waals surface area contributed by atoms with Gasteiger partial charge in [0.2, 0.25) is 0 Å². The molecule has 0 bridgehead atoms. The van der Waals surface area contributed by atoms with Crippen molar-refractivity contribution in [1.29, 1.82) is 0 Å². The van der Waals surface area contributed by atoms with Crippen molar-refractivity contribution >= 4 is 8.60 Å². The van der Waals surface area contributed by atoms with Crippen molar-refractivity contribution in [2.75, 3.05) is 19.8 Å². The van der Waals surface area contributed by atoms with E-state index in [0.29, 0.717) is 6.10 Å². The Bertz CT molecular complexity index is 292. The van der Waals surface area contributed by atoms with E-state index in [1.54, 1.807) is 20.8 Å². The Morgan fingerprint density at radius 1 is 0.485 bits per heavy atom. The van der Waals surface area contributed by atoms with Crippen molar-refractivity contribution in [3.63, 3.8) is 0 Å². The first-order valence-corrected chi connectivity index (χ1v) is 15.9. The van der Waals surface area contributed by atoms with Crippen molar-refractivity contribution in [1.82, 2.24) is 0 Å². The van der Waals surface area contributed by atoms with Crippen LogP contribution in [0, 0.1) is 0 Å². The predicted octanol–water partition coefficient (Wildman–Crippen LogP) is 10.2. The molecule has 0 spiro atoms. The van der Waals surface area contributed by atoms with Gasteiger partial charge in [-0.2, -0.15) is 0 Å². The second-order valence-corrected chi connectivity index (χ2v) is 10.8. The molecule has 0 aliphatic heterocycles. The van der Waals surface area contributed by atoms with Crippen LogP contribution in [0.2, 0.25) is 0 Å². The van der Waals surface area contributed by atoms with E-state index in [9.17, 15) is 0 Å². The van der Waals surface area contributed by atoms with Crippen LogP contribution in [0.5, 0.6) is 0 Å². The SMILES string of the molecule is CC(C)[O][Ti].CCCCCCCCOP(OCCCCCCCC)OCCCCCCCC. The van der Waals surface area contributed by atoms with Gasteiger partial charge in [-0.15, -0.1) is 0 Å². The zero-order valence-electron chi connectivity index (χ0n) is 23.0. The van der Waals surface area contributed by atoms with Crippen LogP contribution in [0.4, 0.5) is 0 Å². The van der Waals surface area contributed by atoms with Gasteiger partial charge in [0.05, 0.1) is 19.8 Å². The molecule has 0 aliphatic carbocycles. The molecular weight excluding hydrogens is 467 g/mol. The first-order chi connectivity index (χ1) is 16.1. The molecule has 33 heavy (non-hydrogen) atoms. The van der Waals surface area contributed by atoms with Crippen LogP contribution in [0.15, 0.2) is 0 Å². The maximum atomic E-state index is 5.96. The Kier molecular flexibility index (Phi) is 36.1. The molecule has 0 N–H and O–H groups in total. The first-order valence-electron chi connectivity index (χ1n) is 14.1. The Morgan fingerprint density at radius 3 is 0.970 bits per heavy atom. The summed E-state index contributed by atoms with van der Waals surface area (Å²) in [6.07, 6.45) is 23.6. The molecule has 0 aromatic carbocycles. The van der Waals surface area contributed by atoms with Gasteiger partial charge in [-0.3, -0.25) is 0 Å². The van der Waals surface area contributed by atoms with Crippen molar-refractivity contribution in [3.05, 3.63) is 0 Å². The zero-order valence-corrected chi connectivity index (χ0v) is 25.5. The summed E-state index contributed by atoms with van der Waals surface area (Å²) in [6.45, 7) is 13.1. The van der Waals surface area contributed by atoms with Crippen molar-refractivity contribution < 1.29 is 37.7 Å². The summed E-state index contributed by atoms with van der Waals surface area (Å²) in [5, 5.41) is 0. The van der Waals surface area contributed by atoms with Crippen LogP contribution in [0.3, 0.4) is 0 Å². The minimum Gasteiger partial charge on any atom is -0.312 e. The molecule has 199 valence electrons. The van der Waals surface area contributed by atoms with Gasteiger partial charge in [0.25, 0.3) is 0 Å². The summed E-state index contributed by atoms with van der Waals surface area (Å²) in [7, 11) is -1.14. The monoisotopic (exact) mass is 525 g/mol. The van der Waals surface area contributed by atoms with Gasteiger partial charge in [-0.05, 0) is 19.3 Å². The second kappa shape index (κ2) is 33.0. The summed E-state index contributed by atoms with van der Waals surface area (Å²) in [5.74, 6) is 0. The summed E-state index contributed by atoms with van der Waals surface area (Å²) < 4.78 is 22.6. The van der Waals surface area contributed by atoms with Gasteiger partial charge in [0.15, 0.2) is 0 Å². The molecule has 0 heterocycles. The van der Waals surface area contributed by atoms with Gasteiger partial charge in [0, 0.05) is 0 Å². The Balaban J connectivity index is 0. The topological polar surface area (TPSA) is 36.9 Å². The van der Waals surface area contributed by atoms with E-state index >= 15 is 0 Å². The molecule has 0 amide bonds. The molecule has 0 aromatic rings. The number of unbranched alkanes of at least 4 members (excludes halogenated alkanes) is 15. The van der Waals surface area contributed by atoms with Gasteiger partial charge >= 0.3 is 52.7 Å². The van der Waals surface area contributed by atoms with E-state index < -0.39 is 8.60 Å². The largest absolute Gasteiger partial charge is 0.332 e. The molecule has 0 aliphatic rings. The van der Waals surface area contributed by atoms with E-state index in [2.05, 4.69) is 20.8 Å². The molecule has 0 radical (unpaired) electrons. The van der Waals surface area contributed by atoms with E-state index in [4.69, 9.17) is 16.9 Å². The molecule has 0 saturated carbocycles. The third-order valence-electron chi connectivity index (χ3n) is 5.32. The van der Waals surface area contributed by atoms with Gasteiger partial charge in [0.1, 0.15) is 0 Å². The summed E-state index contributed by atoms with van der Waals surface area (Å²) in [4.78, 5) is 0. The Morgan fingerprint density at radius 2 is 0.727 bits per heavy atom. The van der Waals surface area contributed by atoms with Crippen molar-refractivity contribution in [3.8, 4) is 0 Å². The fourth-order valence-corrected chi connectivity index (χ4v) is 4.23. The maximum absolute atomic E-state index is 5.96. The molecule has 0 rings (SSSR count). The van der Waals surface area contributed by atoms with Crippen LogP contribution < -0.4 is 0 Å². The minimum atomic E-state index is -1.14. The summed E-state index contributed by atoms with van der Waals surface area (Å²) >= 11 is 1.70. The van der Waals surface area contributed by atoms with Crippen LogP contribution in [-0.2, 0) is 37.7 Å². The Hall–Kier alpha value is 0.984. The van der Waals surface area contributed by atoms with Gasteiger partial charge < -0.3 is 13.6 Å². The van der Waals surface area contributed by atoms with Crippen LogP contribution in [0.1, 0.15) is 150 Å². The normalized spacial score (nSPS) is 11.2. The average Bonchev–Trinajstić information content (AvgIpc) is 2.82. The predicted molar refractivity (Wildman–Crippen MR) is 141 cm³/mol. The molecule has 4 nitrogen and oxygen atoms in total. The second-order valence-electron chi connectivity index (χ2n) is 9.19. The summed E-state index contributed by atoms with van der Waals surface area (Å²) in [5.41, 5.74) is 0. The maximum Gasteiger partial charge on any atom is 0.332 e. The fourth-order valence-electron chi connectivity index (χ4n) is 3.18. The zero-order chi connectivity index (χ0) is 24.8. The Labute approximate surface area is 221 Å². The number of hydrogen-bond acceptors (Lipinski definition) is 4. The third kappa shape index (κ3) is 35.2. The van der Waals surface area contributed by atoms with Crippen molar-refractivity contribution in [2.45, 2.75) is 156 Å². The number of rotatable bonds is 25. The van der Waals surface area contributed by atoms with E-state index in [1.165, 1.54) is 96.3 Å². The number of hydrogen-bond donors (Lipinski definition) is 0. The molecule has 0 aromatic heterocycles. The van der Waals surface area contributed by atoms with Crippen LogP contribution >= 0.6 is 8.60 Å². The minimum absolute atomic E-state index is 0.384. The van der Waals surface area contributed by atoms with E-state index in [-0.39, 0.29) is 0 Å². The molecule has 0 fully saturated rings. The van der Waals surface area contributed by atoms with Crippen molar-refractivity contribution in [2.24, 2.45) is 0 Å².